The van der Waals surface area contributed by atoms with Gasteiger partial charge in [0, 0.05) is 32.1 Å². The largest absolute Gasteiger partial charge is 0.375 e. The molecule has 0 aromatic heterocycles. The average Bonchev–Trinajstić information content (AvgIpc) is 2.47. The van der Waals surface area contributed by atoms with Gasteiger partial charge in [0.1, 0.15) is 6.04 Å². The van der Waals surface area contributed by atoms with Gasteiger partial charge in [-0.05, 0) is 25.7 Å². The number of nitrogens with one attached hydrogen (secondary N) is 2. The van der Waals surface area contributed by atoms with Gasteiger partial charge in [0.05, 0.1) is 12.7 Å². The van der Waals surface area contributed by atoms with Crippen LogP contribution in [0.15, 0.2) is 0 Å². The third-order valence-corrected chi connectivity index (χ3v) is 4.38. The number of nitrogens with zero attached hydrogens (tertiary/aromatic N) is 1. The molecule has 0 aromatic rings. The standard InChI is InChI=1S/C16H29N3O3/c1-11(2)10-14(20)19-7-4-13(5-8-19)18-16(21)15-12(3)22-9-6-17-15/h11-13,15,17H,4-10H2,1-3H3,(H,18,21)/t12-,15+/m1/s1. The lowest BCUT2D eigenvalue weighted by molar-refractivity contribution is -0.133. The second kappa shape index (κ2) is 7.92. The average molecular weight is 311 g/mol. The molecule has 0 radical (unpaired) electrons. The summed E-state index contributed by atoms with van der Waals surface area (Å²) in [5.74, 6) is 0.638. The summed E-state index contributed by atoms with van der Waals surface area (Å²) < 4.78 is 5.51. The van der Waals surface area contributed by atoms with E-state index in [4.69, 9.17) is 4.74 Å². The molecule has 0 aliphatic carbocycles. The normalized spacial score (nSPS) is 27.0. The maximum Gasteiger partial charge on any atom is 0.240 e. The van der Waals surface area contributed by atoms with Crippen molar-refractivity contribution in [1.82, 2.24) is 15.5 Å². The van der Waals surface area contributed by atoms with Crippen LogP contribution in [0.1, 0.15) is 40.0 Å². The van der Waals surface area contributed by atoms with E-state index >= 15 is 0 Å². The third kappa shape index (κ3) is 4.68. The molecule has 2 atom stereocenters. The number of rotatable bonds is 4. The van der Waals surface area contributed by atoms with E-state index in [0.717, 1.165) is 25.9 Å². The van der Waals surface area contributed by atoms with Crippen LogP contribution in [-0.2, 0) is 14.3 Å². The molecule has 0 unspecified atom stereocenters. The van der Waals surface area contributed by atoms with Crippen LogP contribution in [0.3, 0.4) is 0 Å². The number of hydrogen-bond acceptors (Lipinski definition) is 4. The minimum absolute atomic E-state index is 0.0131. The summed E-state index contributed by atoms with van der Waals surface area (Å²) in [5, 5.41) is 6.31. The van der Waals surface area contributed by atoms with Crippen LogP contribution < -0.4 is 10.6 Å². The summed E-state index contributed by atoms with van der Waals surface area (Å²) >= 11 is 0. The first kappa shape index (κ1) is 17.2. The fourth-order valence-electron chi connectivity index (χ4n) is 3.07. The number of morpholine rings is 1. The first-order valence-corrected chi connectivity index (χ1v) is 8.40. The lowest BCUT2D eigenvalue weighted by Gasteiger charge is -2.35. The predicted molar refractivity (Wildman–Crippen MR) is 84.4 cm³/mol. The molecule has 2 aliphatic rings. The molecule has 2 rings (SSSR count). The molecule has 2 fully saturated rings. The third-order valence-electron chi connectivity index (χ3n) is 4.38. The Balaban J connectivity index is 1.75. The number of ether oxygens (including phenoxy) is 1. The van der Waals surface area contributed by atoms with Gasteiger partial charge >= 0.3 is 0 Å². The monoisotopic (exact) mass is 311 g/mol. The van der Waals surface area contributed by atoms with Crippen molar-refractivity contribution in [2.24, 2.45) is 5.92 Å². The van der Waals surface area contributed by atoms with Gasteiger partial charge in [-0.15, -0.1) is 0 Å². The Morgan fingerprint density at radius 3 is 2.59 bits per heavy atom. The molecule has 2 heterocycles. The van der Waals surface area contributed by atoms with Gasteiger partial charge in [-0.25, -0.2) is 0 Å². The minimum Gasteiger partial charge on any atom is -0.375 e. The number of piperidine rings is 1. The first-order valence-electron chi connectivity index (χ1n) is 8.40. The van der Waals surface area contributed by atoms with Crippen molar-refractivity contribution in [3.8, 4) is 0 Å². The molecule has 2 saturated heterocycles. The summed E-state index contributed by atoms with van der Waals surface area (Å²) in [6.07, 6.45) is 2.17. The second-order valence-electron chi connectivity index (χ2n) is 6.77. The number of carbonyl (C=O) groups excluding carboxylic acids is 2. The highest BCUT2D eigenvalue weighted by Gasteiger charge is 2.31. The molecule has 2 N–H and O–H groups in total. The molecule has 6 heteroatoms. The summed E-state index contributed by atoms with van der Waals surface area (Å²) in [5.41, 5.74) is 0. The van der Waals surface area contributed by atoms with Crippen LogP contribution >= 0.6 is 0 Å². The van der Waals surface area contributed by atoms with Crippen molar-refractivity contribution in [3.63, 3.8) is 0 Å². The molecule has 6 nitrogen and oxygen atoms in total. The number of likely N-dealkylation sites (tertiary alicyclic amines) is 1. The highest BCUT2D eigenvalue weighted by molar-refractivity contribution is 5.83. The fourth-order valence-corrected chi connectivity index (χ4v) is 3.07. The Morgan fingerprint density at radius 2 is 2.00 bits per heavy atom. The van der Waals surface area contributed by atoms with Crippen LogP contribution in [-0.4, -0.2) is 61.1 Å². The predicted octanol–water partition coefficient (Wildman–Crippen LogP) is 0.517. The number of carbonyl (C=O) groups is 2. The zero-order chi connectivity index (χ0) is 16.1. The van der Waals surface area contributed by atoms with Crippen LogP contribution in [0, 0.1) is 5.92 Å². The van der Waals surface area contributed by atoms with Crippen LogP contribution in [0.25, 0.3) is 0 Å². The Kier molecular flexibility index (Phi) is 6.20. The smallest absolute Gasteiger partial charge is 0.240 e. The quantitative estimate of drug-likeness (QED) is 0.794. The van der Waals surface area contributed by atoms with Gasteiger partial charge in [0.15, 0.2) is 0 Å². The van der Waals surface area contributed by atoms with E-state index in [9.17, 15) is 9.59 Å². The first-order chi connectivity index (χ1) is 10.5. The second-order valence-corrected chi connectivity index (χ2v) is 6.77. The van der Waals surface area contributed by atoms with E-state index in [1.165, 1.54) is 0 Å². The van der Waals surface area contributed by atoms with Gasteiger partial charge in [0.2, 0.25) is 11.8 Å². The SMILES string of the molecule is CC(C)CC(=O)N1CCC(NC(=O)[C@H]2NCCO[C@@H]2C)CC1. The summed E-state index contributed by atoms with van der Waals surface area (Å²) in [4.78, 5) is 26.3. The van der Waals surface area contributed by atoms with Gasteiger partial charge < -0.3 is 20.3 Å². The van der Waals surface area contributed by atoms with Crippen molar-refractivity contribution >= 4 is 11.8 Å². The molecule has 0 aromatic carbocycles. The van der Waals surface area contributed by atoms with E-state index in [1.54, 1.807) is 0 Å². The molecule has 2 amide bonds. The Hall–Kier alpha value is -1.14. The fraction of sp³-hybridized carbons (Fsp3) is 0.875. The molecule has 126 valence electrons. The van der Waals surface area contributed by atoms with Gasteiger partial charge in [-0.3, -0.25) is 9.59 Å². The molecular weight excluding hydrogens is 282 g/mol. The maximum atomic E-state index is 12.3. The lowest BCUT2D eigenvalue weighted by Crippen LogP contribution is -2.58. The van der Waals surface area contributed by atoms with Gasteiger partial charge in [-0.2, -0.15) is 0 Å². The molecular formula is C16H29N3O3. The van der Waals surface area contributed by atoms with E-state index in [0.29, 0.717) is 25.5 Å². The zero-order valence-electron chi connectivity index (χ0n) is 13.9. The van der Waals surface area contributed by atoms with Crippen molar-refractivity contribution in [1.29, 1.82) is 0 Å². The highest BCUT2D eigenvalue weighted by Crippen LogP contribution is 2.14. The van der Waals surface area contributed by atoms with Crippen molar-refractivity contribution in [2.75, 3.05) is 26.2 Å². The van der Waals surface area contributed by atoms with E-state index in [2.05, 4.69) is 24.5 Å². The lowest BCUT2D eigenvalue weighted by atomic mass is 10.0. The molecule has 0 saturated carbocycles. The minimum atomic E-state index is -0.269. The van der Waals surface area contributed by atoms with Crippen LogP contribution in [0.5, 0.6) is 0 Å². The Labute approximate surface area is 132 Å². The van der Waals surface area contributed by atoms with E-state index in [-0.39, 0.29) is 30.0 Å². The summed E-state index contributed by atoms with van der Waals surface area (Å²) in [7, 11) is 0. The number of hydrogen-bond donors (Lipinski definition) is 2. The molecule has 2 aliphatic heterocycles. The highest BCUT2D eigenvalue weighted by atomic mass is 16.5. The molecule has 0 spiro atoms. The van der Waals surface area contributed by atoms with Crippen molar-refractivity contribution < 1.29 is 14.3 Å². The zero-order valence-corrected chi connectivity index (χ0v) is 13.9. The van der Waals surface area contributed by atoms with Crippen molar-refractivity contribution in [2.45, 2.75) is 58.2 Å². The summed E-state index contributed by atoms with van der Waals surface area (Å²) in [6, 6.07) is -0.110. The van der Waals surface area contributed by atoms with Gasteiger partial charge in [-0.1, -0.05) is 13.8 Å². The Morgan fingerprint density at radius 1 is 1.32 bits per heavy atom. The Bertz CT molecular complexity index is 392. The topological polar surface area (TPSA) is 70.7 Å². The van der Waals surface area contributed by atoms with Crippen molar-refractivity contribution in [3.05, 3.63) is 0 Å². The van der Waals surface area contributed by atoms with E-state index < -0.39 is 0 Å². The van der Waals surface area contributed by atoms with Gasteiger partial charge in [0.25, 0.3) is 0 Å². The molecule has 0 bridgehead atoms. The molecule has 22 heavy (non-hydrogen) atoms. The number of amides is 2. The summed E-state index contributed by atoms with van der Waals surface area (Å²) in [6.45, 7) is 8.88. The maximum absolute atomic E-state index is 12.3. The van der Waals surface area contributed by atoms with Crippen LogP contribution in [0.2, 0.25) is 0 Å². The van der Waals surface area contributed by atoms with E-state index in [1.807, 2.05) is 11.8 Å². The van der Waals surface area contributed by atoms with Crippen LogP contribution in [0.4, 0.5) is 0 Å².